The predicted molar refractivity (Wildman–Crippen MR) is 95.7 cm³/mol. The van der Waals surface area contributed by atoms with Gasteiger partial charge in [-0.25, -0.2) is 0 Å². The van der Waals surface area contributed by atoms with Crippen LogP contribution in [0.3, 0.4) is 0 Å². The van der Waals surface area contributed by atoms with E-state index in [2.05, 4.69) is 5.32 Å². The molecule has 0 fully saturated rings. The Morgan fingerprint density at radius 3 is 2.88 bits per heavy atom. The highest BCUT2D eigenvalue weighted by Gasteiger charge is 2.19. The summed E-state index contributed by atoms with van der Waals surface area (Å²) in [6.45, 7) is 0.737. The third-order valence-corrected chi connectivity index (χ3v) is 4.13. The average molecular weight is 339 g/mol. The van der Waals surface area contributed by atoms with E-state index in [0.717, 1.165) is 18.7 Å². The second-order valence-electron chi connectivity index (χ2n) is 5.42. The van der Waals surface area contributed by atoms with Crippen LogP contribution in [0.1, 0.15) is 5.56 Å². The third kappa shape index (κ3) is 3.19. The first-order valence-corrected chi connectivity index (χ1v) is 7.79. The molecule has 2 aromatic carbocycles. The first-order valence-electron chi connectivity index (χ1n) is 7.41. The maximum absolute atomic E-state index is 12.4. The lowest BCUT2D eigenvalue weighted by molar-refractivity contribution is -0.112. The molecule has 5 nitrogen and oxygen atoms in total. The number of anilines is 3. The molecule has 120 valence electrons. The zero-order chi connectivity index (χ0) is 17.1. The van der Waals surface area contributed by atoms with Gasteiger partial charge < -0.3 is 16.0 Å². The van der Waals surface area contributed by atoms with Gasteiger partial charge in [-0.1, -0.05) is 29.8 Å². The molecule has 0 saturated carbocycles. The van der Waals surface area contributed by atoms with Crippen LogP contribution >= 0.6 is 11.6 Å². The fourth-order valence-electron chi connectivity index (χ4n) is 2.61. The lowest BCUT2D eigenvalue weighted by atomic mass is 10.2. The normalized spacial score (nSPS) is 13.3. The molecule has 6 heteroatoms. The van der Waals surface area contributed by atoms with E-state index >= 15 is 0 Å². The van der Waals surface area contributed by atoms with Gasteiger partial charge in [-0.15, -0.1) is 0 Å². The van der Waals surface area contributed by atoms with Crippen LogP contribution in [0.4, 0.5) is 17.1 Å². The van der Waals surface area contributed by atoms with Crippen LogP contribution in [0.25, 0.3) is 0 Å². The number of benzene rings is 2. The summed E-state index contributed by atoms with van der Waals surface area (Å²) < 4.78 is 0. The molecule has 1 aliphatic heterocycles. The highest BCUT2D eigenvalue weighted by atomic mass is 35.5. The Bertz CT molecular complexity index is 870. The molecule has 2 aromatic rings. The zero-order valence-electron chi connectivity index (χ0n) is 12.8. The van der Waals surface area contributed by atoms with Crippen molar-refractivity contribution >= 4 is 34.6 Å². The summed E-state index contributed by atoms with van der Waals surface area (Å²) in [5.74, 6) is -0.506. The van der Waals surface area contributed by atoms with Crippen molar-refractivity contribution in [1.82, 2.24) is 0 Å². The number of hydrogen-bond acceptors (Lipinski definition) is 4. The van der Waals surface area contributed by atoms with Crippen molar-refractivity contribution in [3.63, 3.8) is 0 Å². The molecule has 0 saturated heterocycles. The van der Waals surface area contributed by atoms with Crippen LogP contribution in [0.15, 0.2) is 54.2 Å². The van der Waals surface area contributed by atoms with Crippen LogP contribution in [0, 0.1) is 11.3 Å². The van der Waals surface area contributed by atoms with Crippen LogP contribution in [-0.4, -0.2) is 12.5 Å². The Kier molecular flexibility index (Phi) is 4.41. The number of carbonyl (C=O) groups is 1. The van der Waals surface area contributed by atoms with E-state index in [4.69, 9.17) is 17.3 Å². The minimum atomic E-state index is -0.506. The van der Waals surface area contributed by atoms with Gasteiger partial charge in [0.05, 0.1) is 10.7 Å². The minimum absolute atomic E-state index is 0.0135. The van der Waals surface area contributed by atoms with Gasteiger partial charge in [-0.3, -0.25) is 4.79 Å². The van der Waals surface area contributed by atoms with E-state index in [9.17, 15) is 10.1 Å². The Labute approximate surface area is 144 Å². The zero-order valence-corrected chi connectivity index (χ0v) is 13.5. The lowest BCUT2D eigenvalue weighted by Crippen LogP contribution is -2.19. The molecule has 24 heavy (non-hydrogen) atoms. The molecule has 1 amide bonds. The number of nitriles is 1. The summed E-state index contributed by atoms with van der Waals surface area (Å²) >= 11 is 6.05. The average Bonchev–Trinajstić information content (AvgIpc) is 2.98. The van der Waals surface area contributed by atoms with E-state index in [0.29, 0.717) is 16.4 Å². The van der Waals surface area contributed by atoms with Crippen molar-refractivity contribution in [2.75, 3.05) is 22.5 Å². The molecule has 0 atom stereocenters. The summed E-state index contributed by atoms with van der Waals surface area (Å²) in [7, 11) is 0. The third-order valence-electron chi connectivity index (χ3n) is 3.81. The molecule has 0 spiro atoms. The Morgan fingerprint density at radius 2 is 2.12 bits per heavy atom. The number of rotatable bonds is 3. The Morgan fingerprint density at radius 1 is 1.33 bits per heavy atom. The first-order chi connectivity index (χ1) is 11.6. The van der Waals surface area contributed by atoms with Gasteiger partial charge in [0, 0.05) is 24.1 Å². The van der Waals surface area contributed by atoms with Gasteiger partial charge >= 0.3 is 0 Å². The van der Waals surface area contributed by atoms with Crippen LogP contribution < -0.4 is 16.0 Å². The van der Waals surface area contributed by atoms with E-state index < -0.39 is 5.91 Å². The fraction of sp³-hybridized carbons (Fsp3) is 0.111. The maximum Gasteiger partial charge on any atom is 0.267 e. The van der Waals surface area contributed by atoms with Crippen molar-refractivity contribution in [1.29, 1.82) is 5.26 Å². The molecule has 3 N–H and O–H groups in total. The van der Waals surface area contributed by atoms with Gasteiger partial charge in [0.25, 0.3) is 5.91 Å². The smallest absolute Gasteiger partial charge is 0.267 e. The standard InChI is InChI=1S/C18H15ClN4O/c19-15-9-14(21)5-6-16(15)22-18(24)13(10-20)11-23-8-7-12-3-1-2-4-17(12)23/h1-6,9,11H,7-8,21H2,(H,22,24)/b13-11-. The molecule has 0 aliphatic carbocycles. The molecule has 3 rings (SSSR count). The summed E-state index contributed by atoms with van der Waals surface area (Å²) in [5, 5.41) is 12.3. The van der Waals surface area contributed by atoms with Crippen LogP contribution in [0.5, 0.6) is 0 Å². The number of nitrogens with zero attached hydrogens (tertiary/aromatic N) is 2. The van der Waals surface area contributed by atoms with E-state index in [1.165, 1.54) is 5.56 Å². The number of halogens is 1. The largest absolute Gasteiger partial charge is 0.399 e. The number of hydrogen-bond donors (Lipinski definition) is 2. The number of nitrogen functional groups attached to an aromatic ring is 1. The first kappa shape index (κ1) is 15.9. The predicted octanol–water partition coefficient (Wildman–Crippen LogP) is 3.33. The lowest BCUT2D eigenvalue weighted by Gasteiger charge is -2.15. The van der Waals surface area contributed by atoms with Crippen molar-refractivity contribution < 1.29 is 4.79 Å². The van der Waals surface area contributed by atoms with Gasteiger partial charge in [0.1, 0.15) is 11.6 Å². The van der Waals surface area contributed by atoms with Crippen LogP contribution in [0.2, 0.25) is 5.02 Å². The van der Waals surface area contributed by atoms with Crippen molar-refractivity contribution in [3.05, 3.63) is 64.8 Å². The maximum atomic E-state index is 12.4. The second-order valence-corrected chi connectivity index (χ2v) is 5.83. The van der Waals surface area contributed by atoms with E-state index in [1.807, 2.05) is 35.2 Å². The molecule has 0 bridgehead atoms. The SMILES string of the molecule is N#C/C(=C/N1CCc2ccccc21)C(=O)Nc1ccc(N)cc1Cl. The number of amides is 1. The minimum Gasteiger partial charge on any atom is -0.399 e. The summed E-state index contributed by atoms with van der Waals surface area (Å²) in [6, 6.07) is 14.7. The second kappa shape index (κ2) is 6.65. The molecule has 0 radical (unpaired) electrons. The number of fused-ring (bicyclic) bond motifs is 1. The Balaban J connectivity index is 1.81. The van der Waals surface area contributed by atoms with Gasteiger partial charge in [0.2, 0.25) is 0 Å². The monoisotopic (exact) mass is 338 g/mol. The molecular weight excluding hydrogens is 324 g/mol. The van der Waals surface area contributed by atoms with Crippen molar-refractivity contribution in [2.24, 2.45) is 0 Å². The highest BCUT2D eigenvalue weighted by Crippen LogP contribution is 2.28. The van der Waals surface area contributed by atoms with E-state index in [1.54, 1.807) is 24.4 Å². The number of carbonyl (C=O) groups excluding carboxylic acids is 1. The molecular formula is C18H15ClN4O. The summed E-state index contributed by atoms with van der Waals surface area (Å²) in [4.78, 5) is 14.3. The molecule has 0 unspecified atom stereocenters. The van der Waals surface area contributed by atoms with Gasteiger partial charge in [-0.2, -0.15) is 5.26 Å². The number of para-hydroxylation sites is 1. The Hall–Kier alpha value is -2.97. The van der Waals surface area contributed by atoms with Gasteiger partial charge in [0.15, 0.2) is 0 Å². The highest BCUT2D eigenvalue weighted by molar-refractivity contribution is 6.34. The molecule has 1 aliphatic rings. The quantitative estimate of drug-likeness (QED) is 0.511. The topological polar surface area (TPSA) is 82.2 Å². The summed E-state index contributed by atoms with van der Waals surface area (Å²) in [6.07, 6.45) is 2.46. The molecule has 1 heterocycles. The van der Waals surface area contributed by atoms with Crippen LogP contribution in [-0.2, 0) is 11.2 Å². The van der Waals surface area contributed by atoms with Gasteiger partial charge in [-0.05, 0) is 36.2 Å². The van der Waals surface area contributed by atoms with Crippen molar-refractivity contribution in [3.8, 4) is 6.07 Å². The number of nitrogens with one attached hydrogen (secondary N) is 1. The van der Waals surface area contributed by atoms with E-state index in [-0.39, 0.29) is 5.57 Å². The fourth-order valence-corrected chi connectivity index (χ4v) is 2.85. The van der Waals surface area contributed by atoms with Crippen molar-refractivity contribution in [2.45, 2.75) is 6.42 Å². The summed E-state index contributed by atoms with van der Waals surface area (Å²) in [5.41, 5.74) is 8.78. The molecule has 0 aromatic heterocycles. The number of nitrogens with two attached hydrogens (primary N) is 1.